The molecule has 11 heavy (non-hydrogen) atoms. The van der Waals surface area contributed by atoms with Crippen molar-refractivity contribution < 1.29 is 4.74 Å². The topological polar surface area (TPSA) is 46.8 Å². The summed E-state index contributed by atoms with van der Waals surface area (Å²) in [6, 6.07) is 1.20. The highest BCUT2D eigenvalue weighted by atomic mass is 16.5. The summed E-state index contributed by atoms with van der Waals surface area (Å²) in [5, 5.41) is 4.00. The summed E-state index contributed by atoms with van der Waals surface area (Å²) in [7, 11) is 0. The lowest BCUT2D eigenvalue weighted by Crippen LogP contribution is -2.47. The van der Waals surface area contributed by atoms with Crippen LogP contribution in [-0.4, -0.2) is 36.2 Å². The minimum atomic E-state index is 0.600. The lowest BCUT2D eigenvalue weighted by Gasteiger charge is -2.32. The van der Waals surface area contributed by atoms with Gasteiger partial charge in [-0.15, -0.1) is 5.10 Å². The number of nitrogens with zero attached hydrogens (tertiary/aromatic N) is 2. The van der Waals surface area contributed by atoms with Gasteiger partial charge in [-0.1, -0.05) is 0 Å². The van der Waals surface area contributed by atoms with E-state index in [1.54, 1.807) is 0 Å². The maximum Gasteiger partial charge on any atom is 0.238 e. The molecule has 3 heterocycles. The van der Waals surface area contributed by atoms with Gasteiger partial charge in [-0.2, -0.15) is 0 Å². The third kappa shape index (κ3) is 0.758. The van der Waals surface area contributed by atoms with Gasteiger partial charge in [0.1, 0.15) is 0 Å². The van der Waals surface area contributed by atoms with E-state index in [0.717, 1.165) is 19.2 Å². The first-order valence-electron chi connectivity index (χ1n) is 4.15. The van der Waals surface area contributed by atoms with Gasteiger partial charge < -0.3 is 9.64 Å². The largest absolute Gasteiger partial charge is 0.377 e. The molecule has 0 spiro atoms. The van der Waals surface area contributed by atoms with Crippen molar-refractivity contribution in [3.05, 3.63) is 0 Å². The fraction of sp³-hybridized carbons (Fsp3) is 0.857. The van der Waals surface area contributed by atoms with E-state index in [4.69, 9.17) is 4.74 Å². The number of guanidine groups is 1. The van der Waals surface area contributed by atoms with E-state index in [9.17, 15) is 0 Å². The van der Waals surface area contributed by atoms with Gasteiger partial charge in [0.2, 0.25) is 5.96 Å². The Morgan fingerprint density at radius 1 is 1.36 bits per heavy atom. The van der Waals surface area contributed by atoms with Crippen molar-refractivity contribution in [3.63, 3.8) is 0 Å². The molecule has 2 saturated heterocycles. The van der Waals surface area contributed by atoms with Crippen LogP contribution >= 0.6 is 0 Å². The molecule has 0 aromatic carbocycles. The highest BCUT2D eigenvalue weighted by Gasteiger charge is 2.41. The first kappa shape index (κ1) is 5.83. The summed E-state index contributed by atoms with van der Waals surface area (Å²) in [6.07, 6.45) is 2.54. The molecule has 0 saturated carbocycles. The van der Waals surface area contributed by atoms with Gasteiger partial charge in [-0.05, 0) is 12.8 Å². The first-order chi connectivity index (χ1) is 5.45. The van der Waals surface area contributed by atoms with Crippen LogP contribution in [0, 0.1) is 0 Å². The van der Waals surface area contributed by atoms with E-state index in [0.29, 0.717) is 12.1 Å². The number of hydrogen-bond acceptors (Lipinski definition) is 4. The van der Waals surface area contributed by atoms with Crippen molar-refractivity contribution in [2.45, 2.75) is 24.9 Å². The molecule has 1 N–H and O–H groups in total. The van der Waals surface area contributed by atoms with Gasteiger partial charge in [0.15, 0.2) is 0 Å². The molecule has 2 atom stereocenters. The van der Waals surface area contributed by atoms with E-state index < -0.39 is 0 Å². The molecule has 0 radical (unpaired) electrons. The number of rotatable bonds is 0. The van der Waals surface area contributed by atoms with Crippen LogP contribution in [0.5, 0.6) is 0 Å². The maximum atomic E-state index is 5.44. The third-order valence-electron chi connectivity index (χ3n) is 2.70. The lowest BCUT2D eigenvalue weighted by molar-refractivity contribution is 0.0212. The molecule has 60 valence electrons. The SMILES string of the molecule is C1CC2COCC1N2C1=NN1. The first-order valence-corrected chi connectivity index (χ1v) is 4.15. The van der Waals surface area contributed by atoms with E-state index in [1.165, 1.54) is 12.8 Å². The van der Waals surface area contributed by atoms with Crippen molar-refractivity contribution in [3.8, 4) is 0 Å². The Morgan fingerprint density at radius 2 is 2.00 bits per heavy atom. The van der Waals surface area contributed by atoms with Gasteiger partial charge in [-0.25, -0.2) is 5.43 Å². The predicted molar refractivity (Wildman–Crippen MR) is 40.0 cm³/mol. The molecule has 2 unspecified atom stereocenters. The molecule has 0 aromatic heterocycles. The van der Waals surface area contributed by atoms with Gasteiger partial charge in [-0.3, -0.25) is 0 Å². The minimum Gasteiger partial charge on any atom is -0.377 e. The number of ether oxygens (including phenoxy) is 1. The van der Waals surface area contributed by atoms with Gasteiger partial charge in [0.25, 0.3) is 0 Å². The highest BCUT2D eigenvalue weighted by Crippen LogP contribution is 2.29. The monoisotopic (exact) mass is 153 g/mol. The Balaban J connectivity index is 1.86. The molecule has 2 bridgehead atoms. The summed E-state index contributed by atoms with van der Waals surface area (Å²) in [5.74, 6) is 1.08. The fourth-order valence-electron chi connectivity index (χ4n) is 2.11. The van der Waals surface area contributed by atoms with Crippen LogP contribution in [-0.2, 0) is 4.74 Å². The summed E-state index contributed by atoms with van der Waals surface area (Å²) in [5.41, 5.74) is 2.92. The molecule has 0 aliphatic carbocycles. The van der Waals surface area contributed by atoms with Crippen LogP contribution < -0.4 is 5.43 Å². The molecule has 3 aliphatic rings. The zero-order valence-corrected chi connectivity index (χ0v) is 6.29. The normalized spacial score (nSPS) is 40.0. The second kappa shape index (κ2) is 1.88. The molecule has 3 rings (SSSR count). The predicted octanol–water partition coefficient (Wildman–Crippen LogP) is -0.276. The summed E-state index contributed by atoms with van der Waals surface area (Å²) < 4.78 is 5.44. The molecule has 3 aliphatic heterocycles. The van der Waals surface area contributed by atoms with Crippen molar-refractivity contribution in [1.29, 1.82) is 0 Å². The summed E-state index contributed by atoms with van der Waals surface area (Å²) in [4.78, 5) is 2.38. The van der Waals surface area contributed by atoms with Crippen molar-refractivity contribution in [1.82, 2.24) is 10.3 Å². The van der Waals surface area contributed by atoms with Crippen LogP contribution in [0.3, 0.4) is 0 Å². The molecular formula is C7H11N3O. The average Bonchev–Trinajstić information content (AvgIpc) is 2.81. The number of morpholine rings is 1. The molecule has 0 amide bonds. The molecule has 4 nitrogen and oxygen atoms in total. The average molecular weight is 153 g/mol. The minimum absolute atomic E-state index is 0.600. The summed E-state index contributed by atoms with van der Waals surface area (Å²) in [6.45, 7) is 1.77. The maximum absolute atomic E-state index is 5.44. The zero-order valence-electron chi connectivity index (χ0n) is 6.29. The Hall–Kier alpha value is -0.770. The van der Waals surface area contributed by atoms with Gasteiger partial charge in [0.05, 0.1) is 25.3 Å². The van der Waals surface area contributed by atoms with E-state index in [1.807, 2.05) is 0 Å². The zero-order chi connectivity index (χ0) is 7.26. The Kier molecular flexibility index (Phi) is 0.996. The number of hydrazone groups is 1. The van der Waals surface area contributed by atoms with E-state index in [2.05, 4.69) is 15.4 Å². The lowest BCUT2D eigenvalue weighted by atomic mass is 10.2. The quantitative estimate of drug-likeness (QED) is 0.521. The van der Waals surface area contributed by atoms with Crippen molar-refractivity contribution >= 4 is 5.96 Å². The Morgan fingerprint density at radius 3 is 2.55 bits per heavy atom. The van der Waals surface area contributed by atoms with Gasteiger partial charge in [0, 0.05) is 0 Å². The number of fused-ring (bicyclic) bond motifs is 2. The van der Waals surface area contributed by atoms with E-state index in [-0.39, 0.29) is 0 Å². The summed E-state index contributed by atoms with van der Waals surface area (Å²) >= 11 is 0. The van der Waals surface area contributed by atoms with Gasteiger partial charge >= 0.3 is 0 Å². The molecule has 0 aromatic rings. The third-order valence-corrected chi connectivity index (χ3v) is 2.70. The standard InChI is InChI=1S/C7H11N3O/c1-2-6-4-11-3-5(1)10(6)7-8-9-7/h5-6H,1-4H2,(H,8,9). The molecular weight excluding hydrogens is 142 g/mol. The van der Waals surface area contributed by atoms with Crippen LogP contribution in [0.2, 0.25) is 0 Å². The van der Waals surface area contributed by atoms with Crippen LogP contribution in [0.25, 0.3) is 0 Å². The Bertz CT molecular complexity index is 200. The second-order valence-corrected chi connectivity index (χ2v) is 3.38. The van der Waals surface area contributed by atoms with E-state index >= 15 is 0 Å². The molecule has 4 heteroatoms. The van der Waals surface area contributed by atoms with Crippen molar-refractivity contribution in [2.24, 2.45) is 5.10 Å². The smallest absolute Gasteiger partial charge is 0.238 e. The van der Waals surface area contributed by atoms with Crippen LogP contribution in [0.4, 0.5) is 0 Å². The number of hydrogen-bond donors (Lipinski definition) is 1. The second-order valence-electron chi connectivity index (χ2n) is 3.38. The van der Waals surface area contributed by atoms with Crippen LogP contribution in [0.1, 0.15) is 12.8 Å². The van der Waals surface area contributed by atoms with Crippen molar-refractivity contribution in [2.75, 3.05) is 13.2 Å². The molecule has 2 fully saturated rings. The Labute approximate surface area is 65.2 Å². The number of nitrogens with one attached hydrogen (secondary N) is 1. The highest BCUT2D eigenvalue weighted by molar-refractivity contribution is 5.89. The fourth-order valence-corrected chi connectivity index (χ4v) is 2.11. The van der Waals surface area contributed by atoms with Crippen LogP contribution in [0.15, 0.2) is 5.10 Å².